The van der Waals surface area contributed by atoms with Gasteiger partial charge in [0.25, 0.3) is 0 Å². The van der Waals surface area contributed by atoms with Crippen molar-refractivity contribution < 1.29 is 4.74 Å². The van der Waals surface area contributed by atoms with Crippen molar-refractivity contribution in [3.8, 4) is 5.75 Å². The maximum Gasteiger partial charge on any atom is 0.133 e. The second-order valence-corrected chi connectivity index (χ2v) is 5.94. The van der Waals surface area contributed by atoms with E-state index in [1.807, 2.05) is 18.2 Å². The Morgan fingerprint density at radius 2 is 1.84 bits per heavy atom. The zero-order valence-electron chi connectivity index (χ0n) is 11.4. The Kier molecular flexibility index (Phi) is 5.25. The Morgan fingerprint density at radius 1 is 1.11 bits per heavy atom. The van der Waals surface area contributed by atoms with E-state index in [0.29, 0.717) is 12.5 Å². The van der Waals surface area contributed by atoms with Crippen LogP contribution in [0.1, 0.15) is 37.3 Å². The summed E-state index contributed by atoms with van der Waals surface area (Å²) in [7, 11) is 0. The zero-order valence-corrected chi connectivity index (χ0v) is 13.6. The molecule has 2 aromatic carbocycles. The minimum Gasteiger partial charge on any atom is -0.488 e. The molecule has 0 bridgehead atoms. The van der Waals surface area contributed by atoms with Crippen molar-refractivity contribution in [2.75, 3.05) is 0 Å². The Bertz CT molecular complexity index is 522. The molecule has 100 valence electrons. The molecule has 0 heterocycles. The molecule has 0 radical (unpaired) electrons. The summed E-state index contributed by atoms with van der Waals surface area (Å²) in [4.78, 5) is 0. The first-order valence-corrected chi connectivity index (χ1v) is 7.74. The summed E-state index contributed by atoms with van der Waals surface area (Å²) in [5, 5.41) is 0. The summed E-state index contributed by atoms with van der Waals surface area (Å²) in [6.07, 6.45) is 1.17. The average molecular weight is 366 g/mol. The van der Waals surface area contributed by atoms with E-state index < -0.39 is 0 Å². The van der Waals surface area contributed by atoms with Gasteiger partial charge in [0.05, 0.1) is 3.57 Å². The van der Waals surface area contributed by atoms with Crippen LogP contribution in [0.4, 0.5) is 0 Å². The van der Waals surface area contributed by atoms with Gasteiger partial charge < -0.3 is 4.74 Å². The third-order valence-electron chi connectivity index (χ3n) is 3.37. The molecule has 0 saturated heterocycles. The quantitative estimate of drug-likeness (QED) is 0.646. The molecule has 1 unspecified atom stereocenters. The molecule has 1 nitrogen and oxygen atoms in total. The number of halogens is 1. The third kappa shape index (κ3) is 3.96. The summed E-state index contributed by atoms with van der Waals surface area (Å²) in [5.74, 6) is 1.58. The van der Waals surface area contributed by atoms with Gasteiger partial charge in [-0.05, 0) is 58.2 Å². The van der Waals surface area contributed by atoms with E-state index >= 15 is 0 Å². The molecule has 0 aliphatic rings. The lowest BCUT2D eigenvalue weighted by Crippen LogP contribution is -1.98. The zero-order chi connectivity index (χ0) is 13.7. The standard InChI is InChI=1S/C17H19IO/c1-3-13(2)15-9-10-17(16(18)11-15)19-12-14-7-5-4-6-8-14/h4-11,13H,3,12H2,1-2H3. The first-order chi connectivity index (χ1) is 9.20. The van der Waals surface area contributed by atoms with Gasteiger partial charge in [0, 0.05) is 0 Å². The monoisotopic (exact) mass is 366 g/mol. The van der Waals surface area contributed by atoms with Gasteiger partial charge in [-0.2, -0.15) is 0 Å². The van der Waals surface area contributed by atoms with Crippen LogP contribution in [0.25, 0.3) is 0 Å². The summed E-state index contributed by atoms with van der Waals surface area (Å²) >= 11 is 2.35. The summed E-state index contributed by atoms with van der Waals surface area (Å²) < 4.78 is 7.07. The predicted molar refractivity (Wildman–Crippen MR) is 88.6 cm³/mol. The molecule has 0 saturated carbocycles. The van der Waals surface area contributed by atoms with Crippen molar-refractivity contribution in [2.45, 2.75) is 32.8 Å². The highest BCUT2D eigenvalue weighted by molar-refractivity contribution is 14.1. The lowest BCUT2D eigenvalue weighted by atomic mass is 9.99. The Morgan fingerprint density at radius 3 is 2.47 bits per heavy atom. The topological polar surface area (TPSA) is 9.23 Å². The normalized spacial score (nSPS) is 12.2. The number of benzene rings is 2. The molecule has 2 rings (SSSR count). The second kappa shape index (κ2) is 6.94. The maximum atomic E-state index is 5.88. The van der Waals surface area contributed by atoms with Gasteiger partial charge in [0.1, 0.15) is 12.4 Å². The largest absolute Gasteiger partial charge is 0.488 e. The van der Waals surface area contributed by atoms with E-state index in [2.05, 4.69) is 66.8 Å². The maximum absolute atomic E-state index is 5.88. The highest BCUT2D eigenvalue weighted by atomic mass is 127. The Labute approximate surface area is 129 Å². The molecule has 1 atom stereocenters. The molecule has 0 spiro atoms. The van der Waals surface area contributed by atoms with Gasteiger partial charge in [-0.25, -0.2) is 0 Å². The van der Waals surface area contributed by atoms with Crippen LogP contribution in [0.5, 0.6) is 5.75 Å². The lowest BCUT2D eigenvalue weighted by molar-refractivity contribution is 0.304. The summed E-state index contributed by atoms with van der Waals surface area (Å²) in [6.45, 7) is 5.10. The van der Waals surface area contributed by atoms with Crippen LogP contribution < -0.4 is 4.74 Å². The number of ether oxygens (including phenoxy) is 1. The van der Waals surface area contributed by atoms with E-state index in [9.17, 15) is 0 Å². The van der Waals surface area contributed by atoms with E-state index in [0.717, 1.165) is 5.75 Å². The van der Waals surface area contributed by atoms with Crippen molar-refractivity contribution in [2.24, 2.45) is 0 Å². The van der Waals surface area contributed by atoms with Crippen LogP contribution in [0.3, 0.4) is 0 Å². The van der Waals surface area contributed by atoms with Crippen LogP contribution >= 0.6 is 22.6 Å². The highest BCUT2D eigenvalue weighted by Gasteiger charge is 2.07. The fourth-order valence-electron chi connectivity index (χ4n) is 1.91. The van der Waals surface area contributed by atoms with Crippen LogP contribution in [-0.4, -0.2) is 0 Å². The molecule has 0 aliphatic heterocycles. The lowest BCUT2D eigenvalue weighted by Gasteiger charge is -2.13. The summed E-state index contributed by atoms with van der Waals surface area (Å²) in [5.41, 5.74) is 2.59. The van der Waals surface area contributed by atoms with Crippen molar-refractivity contribution in [1.82, 2.24) is 0 Å². The number of rotatable bonds is 5. The van der Waals surface area contributed by atoms with Crippen molar-refractivity contribution in [3.63, 3.8) is 0 Å². The number of hydrogen-bond donors (Lipinski definition) is 0. The van der Waals surface area contributed by atoms with Gasteiger partial charge in [-0.15, -0.1) is 0 Å². The minimum absolute atomic E-state index is 0.608. The SMILES string of the molecule is CCC(C)c1ccc(OCc2ccccc2)c(I)c1. The Hall–Kier alpha value is -1.03. The van der Waals surface area contributed by atoms with Gasteiger partial charge >= 0.3 is 0 Å². The third-order valence-corrected chi connectivity index (χ3v) is 4.22. The van der Waals surface area contributed by atoms with Crippen LogP contribution in [0.15, 0.2) is 48.5 Å². The molecule has 0 aromatic heterocycles. The highest BCUT2D eigenvalue weighted by Crippen LogP contribution is 2.27. The van der Waals surface area contributed by atoms with Crippen molar-refractivity contribution >= 4 is 22.6 Å². The molecular formula is C17H19IO. The van der Waals surface area contributed by atoms with E-state index in [4.69, 9.17) is 4.74 Å². The van der Waals surface area contributed by atoms with Crippen LogP contribution in [0.2, 0.25) is 0 Å². The van der Waals surface area contributed by atoms with E-state index in [-0.39, 0.29) is 0 Å². The molecule has 0 aliphatic carbocycles. The van der Waals surface area contributed by atoms with Crippen molar-refractivity contribution in [3.05, 3.63) is 63.2 Å². The minimum atomic E-state index is 0.608. The van der Waals surface area contributed by atoms with E-state index in [1.54, 1.807) is 0 Å². The molecule has 2 heteroatoms. The molecule has 0 N–H and O–H groups in total. The predicted octanol–water partition coefficient (Wildman–Crippen LogP) is 5.38. The number of hydrogen-bond acceptors (Lipinski definition) is 1. The molecular weight excluding hydrogens is 347 g/mol. The van der Waals surface area contributed by atoms with Gasteiger partial charge in [0.2, 0.25) is 0 Å². The molecule has 0 amide bonds. The van der Waals surface area contributed by atoms with Gasteiger partial charge in [-0.1, -0.05) is 50.2 Å². The smallest absolute Gasteiger partial charge is 0.133 e. The van der Waals surface area contributed by atoms with E-state index in [1.165, 1.54) is 21.1 Å². The molecule has 19 heavy (non-hydrogen) atoms. The first kappa shape index (κ1) is 14.4. The Balaban J connectivity index is 2.05. The fourth-order valence-corrected chi connectivity index (χ4v) is 2.61. The van der Waals surface area contributed by atoms with Gasteiger partial charge in [-0.3, -0.25) is 0 Å². The average Bonchev–Trinajstić information content (AvgIpc) is 2.46. The molecule has 0 fully saturated rings. The fraction of sp³-hybridized carbons (Fsp3) is 0.294. The van der Waals surface area contributed by atoms with Crippen LogP contribution in [-0.2, 0) is 6.61 Å². The second-order valence-electron chi connectivity index (χ2n) is 4.77. The van der Waals surface area contributed by atoms with Gasteiger partial charge in [0.15, 0.2) is 0 Å². The van der Waals surface area contributed by atoms with Crippen LogP contribution in [0, 0.1) is 3.57 Å². The van der Waals surface area contributed by atoms with Crippen molar-refractivity contribution in [1.29, 1.82) is 0 Å². The first-order valence-electron chi connectivity index (χ1n) is 6.67. The molecule has 2 aromatic rings. The summed E-state index contributed by atoms with van der Waals surface area (Å²) in [6, 6.07) is 16.8.